The van der Waals surface area contributed by atoms with Crippen molar-refractivity contribution < 1.29 is 9.50 Å². The van der Waals surface area contributed by atoms with Crippen LogP contribution in [0.5, 0.6) is 0 Å². The fraction of sp³-hybridized carbons (Fsp3) is 0.538. The highest BCUT2D eigenvalue weighted by atomic mass is 35.5. The Kier molecular flexibility index (Phi) is 5.23. The number of halogens is 2. The average molecular weight is 245 g/mol. The molecular weight excluding hydrogens is 227 g/mol. The van der Waals surface area contributed by atoms with Crippen molar-refractivity contribution in [2.24, 2.45) is 11.8 Å². The third-order valence-electron chi connectivity index (χ3n) is 2.57. The number of benzene rings is 1. The lowest BCUT2D eigenvalue weighted by Gasteiger charge is -2.16. The van der Waals surface area contributed by atoms with Crippen LogP contribution in [0.4, 0.5) is 4.39 Å². The zero-order valence-corrected chi connectivity index (χ0v) is 10.5. The highest BCUT2D eigenvalue weighted by molar-refractivity contribution is 6.30. The first-order valence-electron chi connectivity index (χ1n) is 5.57. The van der Waals surface area contributed by atoms with Gasteiger partial charge in [0.25, 0.3) is 0 Å². The van der Waals surface area contributed by atoms with Crippen molar-refractivity contribution in [3.8, 4) is 0 Å². The highest BCUT2D eigenvalue weighted by Gasteiger charge is 2.11. The fourth-order valence-electron chi connectivity index (χ4n) is 1.89. The van der Waals surface area contributed by atoms with Crippen molar-refractivity contribution in [1.29, 1.82) is 0 Å². The Hall–Kier alpha value is -0.600. The second-order valence-electron chi connectivity index (χ2n) is 4.63. The summed E-state index contributed by atoms with van der Waals surface area (Å²) in [5.41, 5.74) is 0.890. The lowest BCUT2D eigenvalue weighted by Crippen LogP contribution is -2.12. The lowest BCUT2D eigenvalue weighted by atomic mass is 9.92. The molecule has 90 valence electrons. The Morgan fingerprint density at radius 3 is 2.56 bits per heavy atom. The van der Waals surface area contributed by atoms with Crippen LogP contribution in [0.3, 0.4) is 0 Å². The Morgan fingerprint density at radius 1 is 1.38 bits per heavy atom. The molecule has 0 saturated carbocycles. The van der Waals surface area contributed by atoms with Gasteiger partial charge in [0.05, 0.1) is 5.02 Å². The highest BCUT2D eigenvalue weighted by Crippen LogP contribution is 2.20. The third-order valence-corrected chi connectivity index (χ3v) is 2.88. The van der Waals surface area contributed by atoms with Crippen LogP contribution in [-0.4, -0.2) is 11.7 Å². The predicted octanol–water partition coefficient (Wildman–Crippen LogP) is 3.68. The van der Waals surface area contributed by atoms with Crippen LogP contribution in [0.15, 0.2) is 18.2 Å². The van der Waals surface area contributed by atoms with Crippen LogP contribution in [-0.2, 0) is 6.42 Å². The summed E-state index contributed by atoms with van der Waals surface area (Å²) < 4.78 is 13.2. The van der Waals surface area contributed by atoms with E-state index >= 15 is 0 Å². The van der Waals surface area contributed by atoms with E-state index in [0.717, 1.165) is 12.0 Å². The van der Waals surface area contributed by atoms with E-state index < -0.39 is 0 Å². The van der Waals surface area contributed by atoms with Crippen LogP contribution in [0.25, 0.3) is 0 Å². The average Bonchev–Trinajstić information content (AvgIpc) is 2.22. The molecule has 0 spiro atoms. The largest absolute Gasteiger partial charge is 0.396 e. The molecular formula is C13H18ClFO. The number of aliphatic hydroxyl groups is 1. The first-order valence-corrected chi connectivity index (χ1v) is 5.95. The maximum atomic E-state index is 13.2. The summed E-state index contributed by atoms with van der Waals surface area (Å²) >= 11 is 5.61. The molecule has 1 N–H and O–H groups in total. The Bertz CT molecular complexity index is 339. The zero-order valence-electron chi connectivity index (χ0n) is 9.71. The van der Waals surface area contributed by atoms with Gasteiger partial charge in [-0.1, -0.05) is 31.5 Å². The molecule has 0 fully saturated rings. The summed E-state index contributed by atoms with van der Waals surface area (Å²) in [4.78, 5) is 0. The van der Waals surface area contributed by atoms with Gasteiger partial charge in [0.1, 0.15) is 5.82 Å². The number of hydrogen-bond acceptors (Lipinski definition) is 1. The molecule has 0 aliphatic heterocycles. The van der Waals surface area contributed by atoms with E-state index in [-0.39, 0.29) is 23.4 Å². The van der Waals surface area contributed by atoms with Crippen LogP contribution in [0.2, 0.25) is 5.02 Å². The molecule has 1 nitrogen and oxygen atoms in total. The van der Waals surface area contributed by atoms with E-state index in [9.17, 15) is 9.50 Å². The fourth-order valence-corrected chi connectivity index (χ4v) is 2.01. The molecule has 0 radical (unpaired) electrons. The molecule has 0 heterocycles. The molecule has 1 aromatic carbocycles. The smallest absolute Gasteiger partial charge is 0.142 e. The van der Waals surface area contributed by atoms with E-state index in [1.165, 1.54) is 6.07 Å². The maximum absolute atomic E-state index is 13.2. The van der Waals surface area contributed by atoms with Crippen molar-refractivity contribution in [3.05, 3.63) is 34.6 Å². The van der Waals surface area contributed by atoms with Crippen molar-refractivity contribution in [3.63, 3.8) is 0 Å². The quantitative estimate of drug-likeness (QED) is 0.838. The molecule has 0 aliphatic rings. The molecule has 1 atom stereocenters. The van der Waals surface area contributed by atoms with Gasteiger partial charge in [0.15, 0.2) is 0 Å². The number of rotatable bonds is 5. The van der Waals surface area contributed by atoms with Gasteiger partial charge >= 0.3 is 0 Å². The summed E-state index contributed by atoms with van der Waals surface area (Å²) in [6.45, 7) is 4.37. The first kappa shape index (κ1) is 13.5. The minimum absolute atomic E-state index is 0.141. The lowest BCUT2D eigenvalue weighted by molar-refractivity contribution is 0.205. The van der Waals surface area contributed by atoms with Crippen LogP contribution in [0.1, 0.15) is 25.8 Å². The summed E-state index contributed by atoms with van der Waals surface area (Å²) in [6, 6.07) is 4.83. The van der Waals surface area contributed by atoms with Crippen LogP contribution >= 0.6 is 11.6 Å². The number of aliphatic hydroxyl groups excluding tert-OH is 1. The molecule has 0 saturated heterocycles. The van der Waals surface area contributed by atoms with E-state index in [1.54, 1.807) is 6.07 Å². The molecule has 0 bridgehead atoms. The number of hydrogen-bond donors (Lipinski definition) is 1. The molecule has 1 aromatic rings. The molecule has 0 aromatic heterocycles. The van der Waals surface area contributed by atoms with Gasteiger partial charge in [-0.2, -0.15) is 0 Å². The van der Waals surface area contributed by atoms with Crippen molar-refractivity contribution in [2.75, 3.05) is 6.61 Å². The third kappa shape index (κ3) is 4.11. The van der Waals surface area contributed by atoms with Gasteiger partial charge in [-0.05, 0) is 42.4 Å². The van der Waals surface area contributed by atoms with E-state index in [1.807, 2.05) is 6.07 Å². The van der Waals surface area contributed by atoms with Gasteiger partial charge in [-0.25, -0.2) is 4.39 Å². The second kappa shape index (κ2) is 6.21. The summed E-state index contributed by atoms with van der Waals surface area (Å²) in [6.07, 6.45) is 1.64. The molecule has 0 amide bonds. The Balaban J connectivity index is 2.66. The Labute approximate surface area is 101 Å². The predicted molar refractivity (Wildman–Crippen MR) is 65.1 cm³/mol. The first-order chi connectivity index (χ1) is 7.52. The minimum atomic E-state index is -0.389. The Morgan fingerprint density at radius 2 is 2.06 bits per heavy atom. The van der Waals surface area contributed by atoms with E-state index in [4.69, 9.17) is 11.6 Å². The van der Waals surface area contributed by atoms with Crippen LogP contribution in [0, 0.1) is 17.7 Å². The molecule has 0 aliphatic carbocycles. The standard InChI is InChI=1S/C13H18ClFO/c1-9(2)5-11(8-16)6-10-3-4-12(14)13(15)7-10/h3-4,7,9,11,16H,5-6,8H2,1-2H3. The zero-order chi connectivity index (χ0) is 12.1. The van der Waals surface area contributed by atoms with Gasteiger partial charge in [-0.15, -0.1) is 0 Å². The topological polar surface area (TPSA) is 20.2 Å². The summed E-state index contributed by atoms with van der Waals surface area (Å²) in [7, 11) is 0. The van der Waals surface area contributed by atoms with Crippen LogP contribution < -0.4 is 0 Å². The van der Waals surface area contributed by atoms with Gasteiger partial charge in [0, 0.05) is 6.61 Å². The van der Waals surface area contributed by atoms with Gasteiger partial charge in [-0.3, -0.25) is 0 Å². The molecule has 16 heavy (non-hydrogen) atoms. The van der Waals surface area contributed by atoms with Crippen molar-refractivity contribution in [1.82, 2.24) is 0 Å². The monoisotopic (exact) mass is 244 g/mol. The second-order valence-corrected chi connectivity index (χ2v) is 5.04. The van der Waals surface area contributed by atoms with E-state index in [2.05, 4.69) is 13.8 Å². The van der Waals surface area contributed by atoms with Gasteiger partial charge < -0.3 is 5.11 Å². The van der Waals surface area contributed by atoms with Gasteiger partial charge in [0.2, 0.25) is 0 Å². The minimum Gasteiger partial charge on any atom is -0.396 e. The van der Waals surface area contributed by atoms with E-state index in [0.29, 0.717) is 12.3 Å². The van der Waals surface area contributed by atoms with Crippen molar-refractivity contribution in [2.45, 2.75) is 26.7 Å². The molecule has 1 unspecified atom stereocenters. The normalized spacial score (nSPS) is 13.1. The summed E-state index contributed by atoms with van der Waals surface area (Å²) in [5.74, 6) is 0.343. The van der Waals surface area contributed by atoms with Crippen molar-refractivity contribution >= 4 is 11.6 Å². The SMILES string of the molecule is CC(C)CC(CO)Cc1ccc(Cl)c(F)c1. The molecule has 3 heteroatoms. The maximum Gasteiger partial charge on any atom is 0.142 e. The summed E-state index contributed by atoms with van der Waals surface area (Å²) in [5, 5.41) is 9.39. The molecule has 1 rings (SSSR count).